The van der Waals surface area contributed by atoms with Crippen LogP contribution in [0.15, 0.2) is 0 Å². The Hall–Kier alpha value is 0.0569. The van der Waals surface area contributed by atoms with Crippen molar-refractivity contribution >= 4 is 10.2 Å². The van der Waals surface area contributed by atoms with Gasteiger partial charge in [0.2, 0.25) is 0 Å². The minimum Gasteiger partial charge on any atom is -0.379 e. The highest BCUT2D eigenvalue weighted by Crippen LogP contribution is 2.05. The molecule has 92 valence electrons. The van der Waals surface area contributed by atoms with E-state index in [0.717, 1.165) is 49.8 Å². The summed E-state index contributed by atoms with van der Waals surface area (Å²) in [5.74, 6) is 0. The van der Waals surface area contributed by atoms with Crippen LogP contribution in [0.4, 0.5) is 0 Å². The molecular weight excluding hydrogens is 210 g/mol. The first-order chi connectivity index (χ1) is 7.12. The third kappa shape index (κ3) is 10.3. The molecule has 1 aliphatic heterocycles. The average molecular weight is 235 g/mol. The Labute approximate surface area is 96.1 Å². The standard InChI is InChI=1S/C6H16O2Si.C4H9NO/c1-4-7-6(3,9)8-5-2;1-3-6-4-2-5-1/h4-5H2,1-3,9H3;5H,1-4H2. The van der Waals surface area contributed by atoms with Gasteiger partial charge in [0.15, 0.2) is 0 Å². The van der Waals surface area contributed by atoms with Crippen LogP contribution in [-0.2, 0) is 14.2 Å². The van der Waals surface area contributed by atoms with Gasteiger partial charge in [-0.25, -0.2) is 0 Å². The number of hydrogen-bond acceptors (Lipinski definition) is 4. The summed E-state index contributed by atoms with van der Waals surface area (Å²) in [5, 5.41) is 3.16. The fourth-order valence-electron chi connectivity index (χ4n) is 1.25. The molecule has 5 heteroatoms. The zero-order valence-electron chi connectivity index (χ0n) is 10.5. The Bertz CT molecular complexity index is 121. The molecule has 1 rings (SSSR count). The maximum atomic E-state index is 5.31. The summed E-state index contributed by atoms with van der Waals surface area (Å²) in [7, 11) is 0.923. The summed E-state index contributed by atoms with van der Waals surface area (Å²) in [6.07, 6.45) is 0. The summed E-state index contributed by atoms with van der Waals surface area (Å²) >= 11 is 0. The van der Waals surface area contributed by atoms with Crippen molar-refractivity contribution in [1.29, 1.82) is 0 Å². The molecule has 0 saturated carbocycles. The lowest BCUT2D eigenvalue weighted by molar-refractivity contribution is -0.160. The van der Waals surface area contributed by atoms with Crippen LogP contribution in [-0.4, -0.2) is 55.2 Å². The smallest absolute Gasteiger partial charge is 0.138 e. The van der Waals surface area contributed by atoms with Crippen molar-refractivity contribution in [3.05, 3.63) is 0 Å². The normalized spacial score (nSPS) is 17.0. The highest BCUT2D eigenvalue weighted by molar-refractivity contribution is 6.13. The van der Waals surface area contributed by atoms with Gasteiger partial charge in [0.05, 0.1) is 23.5 Å². The van der Waals surface area contributed by atoms with Crippen LogP contribution in [0.1, 0.15) is 20.8 Å². The van der Waals surface area contributed by atoms with E-state index in [4.69, 9.17) is 14.2 Å². The van der Waals surface area contributed by atoms with Crippen LogP contribution in [0, 0.1) is 0 Å². The van der Waals surface area contributed by atoms with E-state index in [1.54, 1.807) is 0 Å². The number of ether oxygens (including phenoxy) is 3. The number of rotatable bonds is 4. The Kier molecular flexibility index (Phi) is 9.33. The van der Waals surface area contributed by atoms with Gasteiger partial charge in [-0.1, -0.05) is 0 Å². The molecule has 0 aliphatic carbocycles. The lowest BCUT2D eigenvalue weighted by Crippen LogP contribution is -2.32. The lowest BCUT2D eigenvalue weighted by atomic mass is 10.5. The predicted molar refractivity (Wildman–Crippen MR) is 65.3 cm³/mol. The summed E-state index contributed by atoms with van der Waals surface area (Å²) in [4.78, 5) is 0. The van der Waals surface area contributed by atoms with Gasteiger partial charge in [-0.2, -0.15) is 0 Å². The molecule has 0 bridgehead atoms. The minimum absolute atomic E-state index is 0.260. The molecule has 0 aromatic rings. The number of nitrogens with one attached hydrogen (secondary N) is 1. The first-order valence-electron chi connectivity index (χ1n) is 5.68. The Morgan fingerprint density at radius 2 is 1.67 bits per heavy atom. The fraction of sp³-hybridized carbons (Fsp3) is 1.00. The molecule has 0 atom stereocenters. The minimum atomic E-state index is -0.260. The van der Waals surface area contributed by atoms with Crippen LogP contribution in [0.3, 0.4) is 0 Å². The third-order valence-electron chi connectivity index (χ3n) is 1.83. The van der Waals surface area contributed by atoms with E-state index in [9.17, 15) is 0 Å². The summed E-state index contributed by atoms with van der Waals surface area (Å²) in [6.45, 7) is 11.2. The van der Waals surface area contributed by atoms with Gasteiger partial charge in [0.25, 0.3) is 0 Å². The molecule has 4 nitrogen and oxygen atoms in total. The van der Waals surface area contributed by atoms with Crippen LogP contribution < -0.4 is 5.32 Å². The van der Waals surface area contributed by atoms with Crippen molar-refractivity contribution in [2.75, 3.05) is 39.5 Å². The summed E-state index contributed by atoms with van der Waals surface area (Å²) < 4.78 is 15.6. The van der Waals surface area contributed by atoms with Gasteiger partial charge in [-0.05, 0) is 20.8 Å². The molecule has 0 spiro atoms. The zero-order valence-corrected chi connectivity index (χ0v) is 12.5. The topological polar surface area (TPSA) is 39.7 Å². The van der Waals surface area contributed by atoms with Gasteiger partial charge in [0.1, 0.15) is 5.41 Å². The second-order valence-corrected chi connectivity index (χ2v) is 5.44. The fourth-order valence-corrected chi connectivity index (χ4v) is 1.83. The van der Waals surface area contributed by atoms with Gasteiger partial charge in [0, 0.05) is 26.3 Å². The van der Waals surface area contributed by atoms with Crippen LogP contribution >= 0.6 is 0 Å². The van der Waals surface area contributed by atoms with Crippen molar-refractivity contribution in [3.63, 3.8) is 0 Å². The molecule has 15 heavy (non-hydrogen) atoms. The Morgan fingerprint density at radius 3 is 1.87 bits per heavy atom. The first kappa shape index (κ1) is 15.1. The van der Waals surface area contributed by atoms with E-state index >= 15 is 0 Å². The molecule has 1 heterocycles. The monoisotopic (exact) mass is 235 g/mol. The van der Waals surface area contributed by atoms with Gasteiger partial charge in [-0.3, -0.25) is 0 Å². The lowest BCUT2D eigenvalue weighted by Gasteiger charge is -2.24. The van der Waals surface area contributed by atoms with Crippen molar-refractivity contribution < 1.29 is 14.2 Å². The molecule has 0 radical (unpaired) electrons. The maximum Gasteiger partial charge on any atom is 0.138 e. The molecule has 0 unspecified atom stereocenters. The van der Waals surface area contributed by atoms with E-state index in [-0.39, 0.29) is 5.41 Å². The molecule has 0 aromatic heterocycles. The van der Waals surface area contributed by atoms with Crippen LogP contribution in [0.5, 0.6) is 0 Å². The highest BCUT2D eigenvalue weighted by Gasteiger charge is 2.15. The van der Waals surface area contributed by atoms with Crippen molar-refractivity contribution in [2.45, 2.75) is 26.2 Å². The van der Waals surface area contributed by atoms with Crippen molar-refractivity contribution in [1.82, 2.24) is 5.32 Å². The summed E-state index contributed by atoms with van der Waals surface area (Å²) in [6, 6.07) is 0. The highest BCUT2D eigenvalue weighted by atomic mass is 28.1. The van der Waals surface area contributed by atoms with Crippen molar-refractivity contribution in [2.24, 2.45) is 0 Å². The largest absolute Gasteiger partial charge is 0.379 e. The summed E-state index contributed by atoms with van der Waals surface area (Å²) in [5.41, 5.74) is -0.260. The van der Waals surface area contributed by atoms with E-state index in [2.05, 4.69) is 5.32 Å². The van der Waals surface area contributed by atoms with Gasteiger partial charge < -0.3 is 19.5 Å². The van der Waals surface area contributed by atoms with Gasteiger partial charge in [-0.15, -0.1) is 0 Å². The second-order valence-electron chi connectivity index (χ2n) is 3.63. The molecule has 1 aliphatic rings. The first-order valence-corrected chi connectivity index (χ1v) is 6.68. The SMILES string of the molecule is C1COCCN1.CCOC(C)([SiH3])OCC. The van der Waals surface area contributed by atoms with E-state index in [1.807, 2.05) is 20.8 Å². The maximum absolute atomic E-state index is 5.31. The Morgan fingerprint density at radius 1 is 1.20 bits per heavy atom. The molecular formula is C10H25NO3Si. The second kappa shape index (κ2) is 9.29. The molecule has 1 N–H and O–H groups in total. The molecule has 0 amide bonds. The average Bonchev–Trinajstić information content (AvgIpc) is 2.21. The molecule has 1 fully saturated rings. The predicted octanol–water partition coefficient (Wildman–Crippen LogP) is -0.295. The molecule has 0 aromatic carbocycles. The number of hydrogen-bond donors (Lipinski definition) is 1. The zero-order chi connectivity index (χ0) is 11.6. The van der Waals surface area contributed by atoms with E-state index in [1.165, 1.54) is 0 Å². The van der Waals surface area contributed by atoms with Crippen LogP contribution in [0.2, 0.25) is 0 Å². The van der Waals surface area contributed by atoms with Crippen LogP contribution in [0.25, 0.3) is 0 Å². The molecule has 1 saturated heterocycles. The van der Waals surface area contributed by atoms with Crippen molar-refractivity contribution in [3.8, 4) is 0 Å². The van der Waals surface area contributed by atoms with E-state index < -0.39 is 0 Å². The quantitative estimate of drug-likeness (QED) is 0.537. The Balaban J connectivity index is 0.000000280. The number of morpholine rings is 1. The van der Waals surface area contributed by atoms with Gasteiger partial charge >= 0.3 is 0 Å². The van der Waals surface area contributed by atoms with E-state index in [0.29, 0.717) is 0 Å². The third-order valence-corrected chi connectivity index (χ3v) is 2.41.